The van der Waals surface area contributed by atoms with E-state index in [1.54, 1.807) is 17.8 Å². The number of amides is 2. The van der Waals surface area contributed by atoms with E-state index < -0.39 is 6.04 Å². The molecule has 2 aromatic rings. The summed E-state index contributed by atoms with van der Waals surface area (Å²) < 4.78 is 0. The van der Waals surface area contributed by atoms with Gasteiger partial charge in [0.25, 0.3) is 5.91 Å². The molecule has 0 bridgehead atoms. The number of carbonyl (C=O) groups excluding carboxylic acids is 2. The molecule has 0 saturated carbocycles. The van der Waals surface area contributed by atoms with Gasteiger partial charge in [0.15, 0.2) is 0 Å². The Morgan fingerprint density at radius 2 is 2.04 bits per heavy atom. The van der Waals surface area contributed by atoms with Gasteiger partial charge in [0, 0.05) is 12.0 Å². The molecule has 1 aromatic heterocycles. The number of anilines is 1. The van der Waals surface area contributed by atoms with Gasteiger partial charge in [-0.15, -0.1) is 10.2 Å². The van der Waals surface area contributed by atoms with Gasteiger partial charge in [0.1, 0.15) is 11.0 Å². The molecule has 2 N–H and O–H groups in total. The summed E-state index contributed by atoms with van der Waals surface area (Å²) in [5, 5.41) is 15.2. The van der Waals surface area contributed by atoms with Crippen molar-refractivity contribution in [1.29, 1.82) is 0 Å². The van der Waals surface area contributed by atoms with Gasteiger partial charge < -0.3 is 5.32 Å². The molecule has 1 atom stereocenters. The summed E-state index contributed by atoms with van der Waals surface area (Å²) in [5.41, 5.74) is 1.55. The highest BCUT2D eigenvalue weighted by atomic mass is 32.2. The van der Waals surface area contributed by atoms with Crippen molar-refractivity contribution < 1.29 is 9.59 Å². The largest absolute Gasteiger partial charge is 0.340 e. The number of nitrogens with zero attached hydrogens (tertiary/aromatic N) is 2. The standard InChI is InChI=1S/C19H26N4O2S2/c1-12(2)10-16-22-23-19(27-16)21-18(25)15(8-9-26-4)20-17(24)14-7-5-6-13(3)11-14/h5-7,11-12,15H,8-10H2,1-4H3,(H,20,24)(H,21,23,25). The van der Waals surface area contributed by atoms with Crippen molar-refractivity contribution >= 4 is 40.0 Å². The molecule has 0 aliphatic heterocycles. The van der Waals surface area contributed by atoms with Crippen LogP contribution in [0.5, 0.6) is 0 Å². The van der Waals surface area contributed by atoms with Crippen molar-refractivity contribution in [3.8, 4) is 0 Å². The second kappa shape index (κ2) is 10.4. The molecule has 1 heterocycles. The minimum absolute atomic E-state index is 0.252. The van der Waals surface area contributed by atoms with Gasteiger partial charge in [-0.1, -0.05) is 42.9 Å². The Bertz CT molecular complexity index is 777. The molecule has 27 heavy (non-hydrogen) atoms. The highest BCUT2D eigenvalue weighted by Gasteiger charge is 2.22. The smallest absolute Gasteiger partial charge is 0.251 e. The molecule has 2 amide bonds. The van der Waals surface area contributed by atoms with Crippen LogP contribution in [0.3, 0.4) is 0 Å². The number of nitrogens with one attached hydrogen (secondary N) is 2. The molecule has 0 aliphatic carbocycles. The fraction of sp³-hybridized carbons (Fsp3) is 0.474. The minimum Gasteiger partial charge on any atom is -0.340 e. The third kappa shape index (κ3) is 6.95. The summed E-state index contributed by atoms with van der Waals surface area (Å²) in [7, 11) is 0. The molecule has 0 aliphatic rings. The Labute approximate surface area is 168 Å². The Balaban J connectivity index is 2.04. The van der Waals surface area contributed by atoms with Crippen LogP contribution in [0.4, 0.5) is 5.13 Å². The summed E-state index contributed by atoms with van der Waals surface area (Å²) in [4.78, 5) is 25.2. The van der Waals surface area contributed by atoms with Gasteiger partial charge in [-0.3, -0.25) is 14.9 Å². The van der Waals surface area contributed by atoms with Crippen LogP contribution in [0.2, 0.25) is 0 Å². The molecule has 6 nitrogen and oxygen atoms in total. The third-order valence-corrected chi connectivity index (χ3v) is 5.30. The summed E-state index contributed by atoms with van der Waals surface area (Å²) in [5.74, 6) is 0.723. The number of aromatic nitrogens is 2. The highest BCUT2D eigenvalue weighted by Crippen LogP contribution is 2.19. The minimum atomic E-state index is -0.622. The summed E-state index contributed by atoms with van der Waals surface area (Å²) in [6.45, 7) is 6.15. The number of carbonyl (C=O) groups is 2. The van der Waals surface area contributed by atoms with E-state index >= 15 is 0 Å². The van der Waals surface area contributed by atoms with E-state index in [9.17, 15) is 9.59 Å². The zero-order valence-electron chi connectivity index (χ0n) is 16.1. The molecule has 146 valence electrons. The van der Waals surface area contributed by atoms with Gasteiger partial charge >= 0.3 is 0 Å². The number of hydrogen-bond donors (Lipinski definition) is 2. The van der Waals surface area contributed by atoms with E-state index in [1.165, 1.54) is 11.3 Å². The van der Waals surface area contributed by atoms with Crippen molar-refractivity contribution in [2.24, 2.45) is 5.92 Å². The SMILES string of the molecule is CSCCC(NC(=O)c1cccc(C)c1)C(=O)Nc1nnc(CC(C)C)s1. The van der Waals surface area contributed by atoms with E-state index in [1.807, 2.05) is 31.4 Å². The number of rotatable bonds is 9. The summed E-state index contributed by atoms with van der Waals surface area (Å²) in [6.07, 6.45) is 3.34. The quantitative estimate of drug-likeness (QED) is 0.665. The van der Waals surface area contributed by atoms with Crippen LogP contribution < -0.4 is 10.6 Å². The molecule has 8 heteroatoms. The van der Waals surface area contributed by atoms with Crippen LogP contribution in [0.15, 0.2) is 24.3 Å². The number of aryl methyl sites for hydroxylation is 1. The molecule has 2 rings (SSSR count). The monoisotopic (exact) mass is 406 g/mol. The zero-order chi connectivity index (χ0) is 19.8. The van der Waals surface area contributed by atoms with E-state index in [4.69, 9.17) is 0 Å². The second-order valence-corrected chi connectivity index (χ2v) is 8.81. The van der Waals surface area contributed by atoms with Gasteiger partial charge in [0.05, 0.1) is 0 Å². The van der Waals surface area contributed by atoms with Gasteiger partial charge in [-0.05, 0) is 43.4 Å². The Morgan fingerprint density at radius 3 is 2.70 bits per heavy atom. The number of benzene rings is 1. The summed E-state index contributed by atoms with van der Waals surface area (Å²) >= 11 is 3.01. The summed E-state index contributed by atoms with van der Waals surface area (Å²) in [6, 6.07) is 6.69. The van der Waals surface area contributed by atoms with Crippen LogP contribution in [0, 0.1) is 12.8 Å². The maximum atomic E-state index is 12.7. The van der Waals surface area contributed by atoms with E-state index in [0.29, 0.717) is 23.0 Å². The first-order valence-electron chi connectivity index (χ1n) is 8.88. The van der Waals surface area contributed by atoms with Crippen molar-refractivity contribution in [3.63, 3.8) is 0 Å². The third-order valence-electron chi connectivity index (χ3n) is 3.79. The number of hydrogen-bond acceptors (Lipinski definition) is 6. The molecule has 0 saturated heterocycles. The van der Waals surface area contributed by atoms with Crippen LogP contribution in [-0.2, 0) is 11.2 Å². The Hall–Kier alpha value is -1.93. The lowest BCUT2D eigenvalue weighted by atomic mass is 10.1. The maximum Gasteiger partial charge on any atom is 0.251 e. The molecule has 1 unspecified atom stereocenters. The fourth-order valence-electron chi connectivity index (χ4n) is 2.46. The van der Waals surface area contributed by atoms with Gasteiger partial charge in [-0.2, -0.15) is 11.8 Å². The Kier molecular flexibility index (Phi) is 8.24. The Morgan fingerprint density at radius 1 is 1.26 bits per heavy atom. The highest BCUT2D eigenvalue weighted by molar-refractivity contribution is 7.98. The topological polar surface area (TPSA) is 84.0 Å². The van der Waals surface area contributed by atoms with Crippen molar-refractivity contribution in [2.75, 3.05) is 17.3 Å². The molecular formula is C19H26N4O2S2. The lowest BCUT2D eigenvalue weighted by molar-refractivity contribution is -0.118. The van der Waals surface area contributed by atoms with Crippen molar-refractivity contribution in [3.05, 3.63) is 40.4 Å². The molecular weight excluding hydrogens is 380 g/mol. The van der Waals surface area contributed by atoms with E-state index in [2.05, 4.69) is 34.7 Å². The molecule has 1 aromatic carbocycles. The predicted molar refractivity (Wildman–Crippen MR) is 113 cm³/mol. The molecule has 0 radical (unpaired) electrons. The predicted octanol–water partition coefficient (Wildman–Crippen LogP) is 3.54. The van der Waals surface area contributed by atoms with Crippen LogP contribution >= 0.6 is 23.1 Å². The first-order valence-corrected chi connectivity index (χ1v) is 11.1. The number of thioether (sulfide) groups is 1. The molecule has 0 spiro atoms. The zero-order valence-corrected chi connectivity index (χ0v) is 17.7. The van der Waals surface area contributed by atoms with Crippen molar-refractivity contribution in [1.82, 2.24) is 15.5 Å². The van der Waals surface area contributed by atoms with E-state index in [0.717, 1.165) is 22.7 Å². The average Bonchev–Trinajstić information content (AvgIpc) is 3.04. The lowest BCUT2D eigenvalue weighted by Gasteiger charge is -2.17. The second-order valence-electron chi connectivity index (χ2n) is 6.77. The lowest BCUT2D eigenvalue weighted by Crippen LogP contribution is -2.44. The van der Waals surface area contributed by atoms with Crippen molar-refractivity contribution in [2.45, 2.75) is 39.7 Å². The van der Waals surface area contributed by atoms with Crippen LogP contribution in [0.1, 0.15) is 41.2 Å². The van der Waals surface area contributed by atoms with E-state index in [-0.39, 0.29) is 11.8 Å². The van der Waals surface area contributed by atoms with Gasteiger partial charge in [0.2, 0.25) is 11.0 Å². The maximum absolute atomic E-state index is 12.7. The van der Waals surface area contributed by atoms with Crippen LogP contribution in [-0.4, -0.2) is 40.1 Å². The fourth-order valence-corrected chi connectivity index (χ4v) is 3.89. The van der Waals surface area contributed by atoms with Crippen LogP contribution in [0.25, 0.3) is 0 Å². The first-order chi connectivity index (χ1) is 12.9. The first kappa shape index (κ1) is 21.4. The normalized spacial score (nSPS) is 12.0. The average molecular weight is 407 g/mol. The van der Waals surface area contributed by atoms with Gasteiger partial charge in [-0.25, -0.2) is 0 Å². The molecule has 0 fully saturated rings.